The summed E-state index contributed by atoms with van der Waals surface area (Å²) in [5.41, 5.74) is -0.325. The molecule has 0 fully saturated rings. The number of hydrogen-bond acceptors (Lipinski definition) is 4. The molecular weight excluding hydrogens is 323 g/mol. The predicted molar refractivity (Wildman–Crippen MR) is 80.0 cm³/mol. The zero-order chi connectivity index (χ0) is 17.3. The molecule has 128 valence electrons. The molecule has 1 aliphatic heterocycles. The Morgan fingerprint density at radius 1 is 1.46 bits per heavy atom. The third-order valence-corrected chi connectivity index (χ3v) is 3.79. The van der Waals surface area contributed by atoms with Crippen LogP contribution in [0.1, 0.15) is 17.0 Å². The highest BCUT2D eigenvalue weighted by molar-refractivity contribution is 5.79. The maximum Gasteiger partial charge on any atom is 0.416 e. The van der Waals surface area contributed by atoms with Gasteiger partial charge in [0, 0.05) is 18.3 Å². The van der Waals surface area contributed by atoms with Gasteiger partial charge in [-0.15, -0.1) is 0 Å². The second kappa shape index (κ2) is 6.14. The minimum absolute atomic E-state index is 0.0495. The van der Waals surface area contributed by atoms with Crippen molar-refractivity contribution in [2.45, 2.75) is 26.2 Å². The summed E-state index contributed by atoms with van der Waals surface area (Å²) in [7, 11) is 0. The second-order valence-electron chi connectivity index (χ2n) is 5.68. The first-order chi connectivity index (χ1) is 11.3. The molecule has 24 heavy (non-hydrogen) atoms. The standard InChI is InChI=1S/C15H16F3N5O/c1-9-4-11(15(16,17)18)5-12(22-9)7-20-14(24)10-6-19-13-2-3-21-23(13)8-10/h2-5,10,19H,6-8H2,1H3,(H,20,24). The summed E-state index contributed by atoms with van der Waals surface area (Å²) in [4.78, 5) is 16.3. The molecule has 0 spiro atoms. The molecule has 2 N–H and O–H groups in total. The summed E-state index contributed by atoms with van der Waals surface area (Å²) in [6.07, 6.45) is -2.80. The van der Waals surface area contributed by atoms with Gasteiger partial charge in [-0.3, -0.25) is 9.78 Å². The topological polar surface area (TPSA) is 71.8 Å². The van der Waals surface area contributed by atoms with Crippen LogP contribution in [-0.2, 0) is 24.1 Å². The summed E-state index contributed by atoms with van der Waals surface area (Å²) in [6, 6.07) is 3.75. The maximum atomic E-state index is 12.8. The first-order valence-corrected chi connectivity index (χ1v) is 7.41. The lowest BCUT2D eigenvalue weighted by atomic mass is 10.1. The van der Waals surface area contributed by atoms with Gasteiger partial charge in [-0.05, 0) is 19.1 Å². The van der Waals surface area contributed by atoms with Gasteiger partial charge in [-0.1, -0.05) is 0 Å². The molecule has 0 aliphatic carbocycles. The molecule has 1 amide bonds. The Hall–Kier alpha value is -2.58. The molecule has 1 unspecified atom stereocenters. The van der Waals surface area contributed by atoms with Crippen molar-refractivity contribution in [1.29, 1.82) is 0 Å². The van der Waals surface area contributed by atoms with E-state index in [1.165, 1.54) is 6.92 Å². The molecule has 3 heterocycles. The van der Waals surface area contributed by atoms with Crippen LogP contribution in [-0.4, -0.2) is 27.2 Å². The summed E-state index contributed by atoms with van der Waals surface area (Å²) in [5.74, 6) is 0.249. The van der Waals surface area contributed by atoms with Crippen LogP contribution in [0.25, 0.3) is 0 Å². The summed E-state index contributed by atoms with van der Waals surface area (Å²) >= 11 is 0. The minimum atomic E-state index is -4.43. The van der Waals surface area contributed by atoms with E-state index in [0.717, 1.165) is 18.0 Å². The quantitative estimate of drug-likeness (QED) is 0.897. The van der Waals surface area contributed by atoms with E-state index in [2.05, 4.69) is 20.7 Å². The van der Waals surface area contributed by atoms with Crippen LogP contribution in [0.3, 0.4) is 0 Å². The summed E-state index contributed by atoms with van der Waals surface area (Å²) in [5, 5.41) is 9.83. The molecule has 0 radical (unpaired) electrons. The third kappa shape index (κ3) is 3.50. The molecule has 2 aromatic heterocycles. The number of aryl methyl sites for hydroxylation is 1. The molecule has 2 aromatic rings. The number of alkyl halides is 3. The third-order valence-electron chi connectivity index (χ3n) is 3.79. The van der Waals surface area contributed by atoms with Crippen molar-refractivity contribution in [3.05, 3.63) is 41.3 Å². The molecule has 9 heteroatoms. The van der Waals surface area contributed by atoms with Gasteiger partial charge in [0.1, 0.15) is 5.82 Å². The first kappa shape index (κ1) is 16.3. The van der Waals surface area contributed by atoms with Gasteiger partial charge < -0.3 is 10.6 Å². The number of carbonyl (C=O) groups excluding carboxylic acids is 1. The average Bonchev–Trinajstić information content (AvgIpc) is 2.98. The van der Waals surface area contributed by atoms with E-state index in [1.807, 2.05) is 6.07 Å². The Kier molecular flexibility index (Phi) is 4.16. The van der Waals surface area contributed by atoms with Gasteiger partial charge in [-0.2, -0.15) is 18.3 Å². The summed E-state index contributed by atoms with van der Waals surface area (Å²) in [6.45, 7) is 2.32. The van der Waals surface area contributed by atoms with Crippen LogP contribution in [0.4, 0.5) is 19.0 Å². The number of amides is 1. The molecule has 0 aromatic carbocycles. The number of aromatic nitrogens is 3. The Morgan fingerprint density at radius 3 is 3.00 bits per heavy atom. The maximum absolute atomic E-state index is 12.8. The van der Waals surface area contributed by atoms with Crippen LogP contribution in [0.5, 0.6) is 0 Å². The highest BCUT2D eigenvalue weighted by Crippen LogP contribution is 2.29. The van der Waals surface area contributed by atoms with E-state index < -0.39 is 11.7 Å². The van der Waals surface area contributed by atoms with E-state index in [1.54, 1.807) is 10.9 Å². The molecular formula is C15H16F3N5O. The van der Waals surface area contributed by atoms with Crippen LogP contribution < -0.4 is 10.6 Å². The van der Waals surface area contributed by atoms with E-state index >= 15 is 0 Å². The highest BCUT2D eigenvalue weighted by atomic mass is 19.4. The molecule has 1 aliphatic rings. The zero-order valence-electron chi connectivity index (χ0n) is 12.9. The normalized spacial score (nSPS) is 17.1. The Balaban J connectivity index is 1.64. The second-order valence-corrected chi connectivity index (χ2v) is 5.68. The van der Waals surface area contributed by atoms with Gasteiger partial charge in [-0.25, -0.2) is 4.68 Å². The highest BCUT2D eigenvalue weighted by Gasteiger charge is 2.31. The van der Waals surface area contributed by atoms with Gasteiger partial charge >= 0.3 is 6.18 Å². The van der Waals surface area contributed by atoms with Gasteiger partial charge in [0.2, 0.25) is 5.91 Å². The average molecular weight is 339 g/mol. The number of carbonyl (C=O) groups is 1. The number of nitrogens with one attached hydrogen (secondary N) is 2. The van der Waals surface area contributed by atoms with Crippen LogP contribution in [0, 0.1) is 12.8 Å². The fraction of sp³-hybridized carbons (Fsp3) is 0.400. The first-order valence-electron chi connectivity index (χ1n) is 7.41. The molecule has 6 nitrogen and oxygen atoms in total. The number of fused-ring (bicyclic) bond motifs is 1. The lowest BCUT2D eigenvalue weighted by molar-refractivity contribution is -0.137. The van der Waals surface area contributed by atoms with Crippen molar-refractivity contribution >= 4 is 11.7 Å². The Morgan fingerprint density at radius 2 is 2.25 bits per heavy atom. The van der Waals surface area contributed by atoms with Crippen LogP contribution in [0.2, 0.25) is 0 Å². The molecule has 0 saturated heterocycles. The van der Waals surface area contributed by atoms with E-state index in [0.29, 0.717) is 13.1 Å². The van der Waals surface area contributed by atoms with E-state index in [9.17, 15) is 18.0 Å². The number of halogens is 3. The number of nitrogens with zero attached hydrogens (tertiary/aromatic N) is 3. The monoisotopic (exact) mass is 339 g/mol. The van der Waals surface area contributed by atoms with Crippen molar-refractivity contribution in [2.75, 3.05) is 11.9 Å². The van der Waals surface area contributed by atoms with Crippen LogP contribution in [0.15, 0.2) is 24.4 Å². The van der Waals surface area contributed by atoms with Crippen molar-refractivity contribution in [3.8, 4) is 0 Å². The molecule has 0 bridgehead atoms. The van der Waals surface area contributed by atoms with Gasteiger partial charge in [0.15, 0.2) is 0 Å². The molecule has 3 rings (SSSR count). The summed E-state index contributed by atoms with van der Waals surface area (Å²) < 4.78 is 40.1. The molecule has 1 atom stereocenters. The minimum Gasteiger partial charge on any atom is -0.369 e. The Labute approximate surface area is 136 Å². The van der Waals surface area contributed by atoms with Gasteiger partial charge in [0.25, 0.3) is 0 Å². The smallest absolute Gasteiger partial charge is 0.369 e. The van der Waals surface area contributed by atoms with Gasteiger partial charge in [0.05, 0.1) is 36.5 Å². The fourth-order valence-corrected chi connectivity index (χ4v) is 2.62. The Bertz CT molecular complexity index is 756. The number of anilines is 1. The number of rotatable bonds is 3. The van der Waals surface area contributed by atoms with E-state index in [-0.39, 0.29) is 29.8 Å². The van der Waals surface area contributed by atoms with Crippen molar-refractivity contribution in [2.24, 2.45) is 5.92 Å². The van der Waals surface area contributed by atoms with Crippen molar-refractivity contribution in [1.82, 2.24) is 20.1 Å². The number of pyridine rings is 1. The zero-order valence-corrected chi connectivity index (χ0v) is 12.9. The number of hydrogen-bond donors (Lipinski definition) is 2. The van der Waals surface area contributed by atoms with Crippen LogP contribution >= 0.6 is 0 Å². The SMILES string of the molecule is Cc1cc(C(F)(F)F)cc(CNC(=O)C2CNc3ccnn3C2)n1. The predicted octanol–water partition coefficient (Wildman–Crippen LogP) is 1.96. The lowest BCUT2D eigenvalue weighted by Gasteiger charge is -2.24. The van der Waals surface area contributed by atoms with Crippen molar-refractivity contribution < 1.29 is 18.0 Å². The van der Waals surface area contributed by atoms with Crippen molar-refractivity contribution in [3.63, 3.8) is 0 Å². The van der Waals surface area contributed by atoms with E-state index in [4.69, 9.17) is 0 Å². The molecule has 0 saturated carbocycles. The largest absolute Gasteiger partial charge is 0.416 e. The fourth-order valence-electron chi connectivity index (χ4n) is 2.62. The lowest BCUT2D eigenvalue weighted by Crippen LogP contribution is -2.40.